The molecule has 0 aromatic heterocycles. The summed E-state index contributed by atoms with van der Waals surface area (Å²) >= 11 is 0. The maximum Gasteiger partial charge on any atom is 0.217 e. The summed E-state index contributed by atoms with van der Waals surface area (Å²) in [5.74, 6) is 0. The van der Waals surface area contributed by atoms with Crippen LogP contribution in [-0.2, 0) is 24.1 Å². The number of aliphatic hydroxyl groups excluding tert-OH is 1. The molecule has 0 unspecified atom stereocenters. The highest BCUT2D eigenvalue weighted by Gasteiger charge is 2.20. The van der Waals surface area contributed by atoms with Crippen LogP contribution in [0.25, 0.3) is 0 Å². The Morgan fingerprint density at radius 1 is 0.469 bits per heavy atom. The van der Waals surface area contributed by atoms with Gasteiger partial charge in [-0.1, -0.05) is 181 Å². The largest absolute Gasteiger partial charge is 0.726 e. The Bertz CT molecular complexity index is 685. The molecular formula is C40H85NO7S. The minimum Gasteiger partial charge on any atom is -0.726 e. The number of quaternary nitrogens is 1. The van der Waals surface area contributed by atoms with E-state index in [0.29, 0.717) is 0 Å². The molecule has 298 valence electrons. The van der Waals surface area contributed by atoms with Gasteiger partial charge in [0.1, 0.15) is 19.6 Å². The van der Waals surface area contributed by atoms with E-state index in [2.05, 4.69) is 25.1 Å². The van der Waals surface area contributed by atoms with Gasteiger partial charge in [0, 0.05) is 13.2 Å². The summed E-state index contributed by atoms with van der Waals surface area (Å²) in [6, 6.07) is 0. The van der Waals surface area contributed by atoms with Crippen molar-refractivity contribution < 1.29 is 36.2 Å². The zero-order valence-corrected chi connectivity index (χ0v) is 34.0. The summed E-state index contributed by atoms with van der Waals surface area (Å²) in [5, 5.41) is 9.59. The van der Waals surface area contributed by atoms with Gasteiger partial charge in [-0.05, 0) is 12.8 Å². The topological polar surface area (TPSA) is 105 Å². The van der Waals surface area contributed by atoms with Crippen LogP contribution in [0.1, 0.15) is 194 Å². The lowest BCUT2D eigenvalue weighted by atomic mass is 10.0. The number of aliphatic hydroxyl groups is 1. The van der Waals surface area contributed by atoms with Gasteiger partial charge < -0.3 is 23.6 Å². The van der Waals surface area contributed by atoms with Crippen LogP contribution >= 0.6 is 0 Å². The summed E-state index contributed by atoms with van der Waals surface area (Å²) in [6.07, 6.45) is 39.0. The molecular weight excluding hydrogens is 639 g/mol. The molecule has 0 bridgehead atoms. The fraction of sp³-hybridized carbons (Fsp3) is 1.00. The smallest absolute Gasteiger partial charge is 0.217 e. The van der Waals surface area contributed by atoms with Gasteiger partial charge in [-0.3, -0.25) is 4.18 Å². The van der Waals surface area contributed by atoms with E-state index in [1.165, 1.54) is 180 Å². The van der Waals surface area contributed by atoms with E-state index in [4.69, 9.17) is 9.47 Å². The minimum absolute atomic E-state index is 0.231. The van der Waals surface area contributed by atoms with Crippen LogP contribution in [0.4, 0.5) is 0 Å². The fourth-order valence-electron chi connectivity index (χ4n) is 6.15. The maximum absolute atomic E-state index is 9.59. The Morgan fingerprint density at radius 2 is 0.714 bits per heavy atom. The van der Waals surface area contributed by atoms with Gasteiger partial charge >= 0.3 is 0 Å². The zero-order valence-electron chi connectivity index (χ0n) is 33.2. The second-order valence-corrected chi connectivity index (χ2v) is 15.7. The molecule has 0 spiro atoms. The first-order chi connectivity index (χ1) is 23.7. The van der Waals surface area contributed by atoms with Gasteiger partial charge in [0.05, 0.1) is 34.0 Å². The van der Waals surface area contributed by atoms with Gasteiger partial charge in [-0.25, -0.2) is 8.42 Å². The number of ether oxygens (including phenoxy) is 2. The predicted octanol–water partition coefficient (Wildman–Crippen LogP) is 10.5. The average Bonchev–Trinajstić information content (AvgIpc) is 3.07. The first-order valence-corrected chi connectivity index (χ1v) is 22.2. The quantitative estimate of drug-likeness (QED) is 0.0291. The minimum atomic E-state index is -4.41. The molecule has 49 heavy (non-hydrogen) atoms. The van der Waals surface area contributed by atoms with Crippen molar-refractivity contribution in [2.24, 2.45) is 0 Å². The van der Waals surface area contributed by atoms with Crippen molar-refractivity contribution in [2.75, 3.05) is 66.8 Å². The Hall–Kier alpha value is -0.290. The summed E-state index contributed by atoms with van der Waals surface area (Å²) in [5.41, 5.74) is 0. The van der Waals surface area contributed by atoms with Crippen LogP contribution in [-0.4, -0.2) is 89.4 Å². The molecule has 9 heteroatoms. The van der Waals surface area contributed by atoms with Crippen LogP contribution in [0, 0.1) is 0 Å². The van der Waals surface area contributed by atoms with E-state index in [0.717, 1.165) is 57.7 Å². The molecule has 0 atom stereocenters. The SMILES string of the molecule is CCCCCCCCCCCCCCCCOCC[N+](C)(CCO)CCOCCCCCCCCCCCCCCCC.COS(=O)(=O)[O-]. The third-order valence-corrected chi connectivity index (χ3v) is 10.1. The Labute approximate surface area is 306 Å². The van der Waals surface area contributed by atoms with Gasteiger partial charge in [-0.15, -0.1) is 0 Å². The lowest BCUT2D eigenvalue weighted by molar-refractivity contribution is -0.910. The first kappa shape index (κ1) is 50.8. The van der Waals surface area contributed by atoms with Crippen molar-refractivity contribution in [2.45, 2.75) is 194 Å². The highest BCUT2D eigenvalue weighted by molar-refractivity contribution is 7.80. The first-order valence-electron chi connectivity index (χ1n) is 20.9. The average molecular weight is 724 g/mol. The Balaban J connectivity index is 0. The third-order valence-electron chi connectivity index (χ3n) is 9.68. The summed E-state index contributed by atoms with van der Waals surface area (Å²) < 4.78 is 43.8. The molecule has 0 aliphatic carbocycles. The van der Waals surface area contributed by atoms with Crippen molar-refractivity contribution in [3.8, 4) is 0 Å². The van der Waals surface area contributed by atoms with Crippen molar-refractivity contribution in [3.05, 3.63) is 0 Å². The third kappa shape index (κ3) is 45.7. The number of nitrogens with zero attached hydrogens (tertiary/aromatic N) is 1. The molecule has 0 amide bonds. The van der Waals surface area contributed by atoms with E-state index < -0.39 is 10.4 Å². The summed E-state index contributed by atoms with van der Waals surface area (Å²) in [6.45, 7) is 10.9. The molecule has 0 aliphatic heterocycles. The molecule has 0 aromatic rings. The molecule has 0 aliphatic rings. The van der Waals surface area contributed by atoms with Gasteiger partial charge in [0.25, 0.3) is 0 Å². The molecule has 0 fully saturated rings. The van der Waals surface area contributed by atoms with E-state index in [9.17, 15) is 18.1 Å². The van der Waals surface area contributed by atoms with Crippen molar-refractivity contribution in [1.82, 2.24) is 0 Å². The number of hydrogen-bond donors (Lipinski definition) is 1. The van der Waals surface area contributed by atoms with Crippen LogP contribution in [0.5, 0.6) is 0 Å². The zero-order chi connectivity index (χ0) is 36.6. The normalized spacial score (nSPS) is 12.0. The number of unbranched alkanes of at least 4 members (excludes halogenated alkanes) is 26. The Kier molecular flexibility index (Phi) is 42.0. The fourth-order valence-corrected chi connectivity index (χ4v) is 6.15. The molecule has 0 saturated heterocycles. The second-order valence-electron chi connectivity index (χ2n) is 14.5. The molecule has 0 rings (SSSR count). The lowest BCUT2D eigenvalue weighted by Gasteiger charge is -2.33. The van der Waals surface area contributed by atoms with Crippen LogP contribution in [0.15, 0.2) is 0 Å². The highest BCUT2D eigenvalue weighted by atomic mass is 32.3. The van der Waals surface area contributed by atoms with Crippen LogP contribution < -0.4 is 0 Å². The number of hydrogen-bond acceptors (Lipinski definition) is 7. The molecule has 8 nitrogen and oxygen atoms in total. The monoisotopic (exact) mass is 724 g/mol. The number of likely N-dealkylation sites (N-methyl/N-ethyl adjacent to an activating group) is 1. The van der Waals surface area contributed by atoms with Crippen LogP contribution in [0.3, 0.4) is 0 Å². The summed E-state index contributed by atoms with van der Waals surface area (Å²) in [7, 11) is -1.37. The van der Waals surface area contributed by atoms with Crippen LogP contribution in [0.2, 0.25) is 0 Å². The lowest BCUT2D eigenvalue weighted by Crippen LogP contribution is -2.50. The van der Waals surface area contributed by atoms with Crippen molar-refractivity contribution >= 4 is 10.4 Å². The number of rotatable bonds is 39. The Morgan fingerprint density at radius 3 is 0.939 bits per heavy atom. The van der Waals surface area contributed by atoms with Crippen molar-refractivity contribution in [3.63, 3.8) is 0 Å². The molecule has 1 N–H and O–H groups in total. The van der Waals surface area contributed by atoms with E-state index >= 15 is 0 Å². The maximum atomic E-state index is 9.59. The van der Waals surface area contributed by atoms with E-state index in [1.807, 2.05) is 0 Å². The van der Waals surface area contributed by atoms with E-state index in [-0.39, 0.29) is 6.61 Å². The summed E-state index contributed by atoms with van der Waals surface area (Å²) in [4.78, 5) is 0. The standard InChI is InChI=1S/C39H82NO3.CH4O4S/c1-4-6-8-10-12-14-16-18-20-22-24-26-28-30-36-42-38-33-40(3,32-35-41)34-39-43-37-31-29-27-25-23-21-19-17-15-13-11-9-7-5-2;1-5-6(2,3)4/h41H,4-39H2,1-3H3;1H3,(H,2,3,4)/q+1;/p-1. The molecule has 0 radical (unpaired) electrons. The molecule has 0 heterocycles. The molecule has 0 aromatic carbocycles. The predicted molar refractivity (Wildman–Crippen MR) is 207 cm³/mol. The van der Waals surface area contributed by atoms with Gasteiger partial charge in [0.15, 0.2) is 0 Å². The highest BCUT2D eigenvalue weighted by Crippen LogP contribution is 2.14. The van der Waals surface area contributed by atoms with Gasteiger partial charge in [-0.2, -0.15) is 0 Å². The van der Waals surface area contributed by atoms with Crippen molar-refractivity contribution in [1.29, 1.82) is 0 Å². The van der Waals surface area contributed by atoms with E-state index in [1.54, 1.807) is 0 Å². The van der Waals surface area contributed by atoms with Gasteiger partial charge in [0.2, 0.25) is 10.4 Å². The molecule has 0 saturated carbocycles. The second kappa shape index (κ2) is 40.5.